The number of hydrogen-bond donors (Lipinski definition) is 2. The SMILES string of the molecule is CCOC(=O)CNP(=O)(OCC)C(NC(=O)OCc1ccccc1)c1ccc(C)cc1. The molecule has 0 saturated carbocycles. The van der Waals surface area contributed by atoms with Gasteiger partial charge in [-0.15, -0.1) is 0 Å². The first-order chi connectivity index (χ1) is 14.9. The summed E-state index contributed by atoms with van der Waals surface area (Å²) in [6.45, 7) is 5.32. The third-order valence-electron chi connectivity index (χ3n) is 4.27. The lowest BCUT2D eigenvalue weighted by molar-refractivity contribution is -0.141. The number of carbonyl (C=O) groups excluding carboxylic acids is 2. The molecule has 0 aliphatic heterocycles. The van der Waals surface area contributed by atoms with E-state index >= 15 is 0 Å². The molecule has 2 unspecified atom stereocenters. The summed E-state index contributed by atoms with van der Waals surface area (Å²) in [5.74, 6) is -1.64. The molecular formula is C22H29N2O6P. The number of rotatable bonds is 11. The van der Waals surface area contributed by atoms with Crippen LogP contribution in [0.15, 0.2) is 54.6 Å². The minimum atomic E-state index is -3.76. The summed E-state index contributed by atoms with van der Waals surface area (Å²) in [5.41, 5.74) is 2.37. The molecule has 0 bridgehead atoms. The van der Waals surface area contributed by atoms with Gasteiger partial charge >= 0.3 is 12.1 Å². The second-order valence-electron chi connectivity index (χ2n) is 6.67. The van der Waals surface area contributed by atoms with E-state index < -0.39 is 25.4 Å². The Labute approximate surface area is 182 Å². The maximum Gasteiger partial charge on any atom is 0.408 e. The third kappa shape index (κ3) is 7.83. The molecule has 31 heavy (non-hydrogen) atoms. The summed E-state index contributed by atoms with van der Waals surface area (Å²) < 4.78 is 29.4. The maximum atomic E-state index is 13.7. The molecule has 0 aromatic heterocycles. The van der Waals surface area contributed by atoms with Crippen LogP contribution < -0.4 is 10.4 Å². The van der Waals surface area contributed by atoms with Gasteiger partial charge < -0.3 is 19.3 Å². The fourth-order valence-electron chi connectivity index (χ4n) is 2.78. The van der Waals surface area contributed by atoms with Crippen molar-refractivity contribution in [1.82, 2.24) is 10.4 Å². The molecule has 0 radical (unpaired) electrons. The number of esters is 1. The van der Waals surface area contributed by atoms with Crippen molar-refractivity contribution in [2.24, 2.45) is 0 Å². The van der Waals surface area contributed by atoms with Crippen LogP contribution in [0.3, 0.4) is 0 Å². The van der Waals surface area contributed by atoms with Crippen LogP contribution in [0.4, 0.5) is 4.79 Å². The van der Waals surface area contributed by atoms with Crippen molar-refractivity contribution in [2.45, 2.75) is 33.2 Å². The van der Waals surface area contributed by atoms with Gasteiger partial charge in [-0.3, -0.25) is 9.36 Å². The number of carbonyl (C=O) groups is 2. The topological polar surface area (TPSA) is 103 Å². The number of amides is 1. The van der Waals surface area contributed by atoms with Crippen LogP contribution in [0, 0.1) is 6.92 Å². The van der Waals surface area contributed by atoms with Crippen LogP contribution >= 0.6 is 7.52 Å². The van der Waals surface area contributed by atoms with Crippen molar-refractivity contribution in [1.29, 1.82) is 0 Å². The number of ether oxygens (including phenoxy) is 2. The van der Waals surface area contributed by atoms with Gasteiger partial charge in [0.1, 0.15) is 18.9 Å². The highest BCUT2D eigenvalue weighted by Gasteiger charge is 2.37. The van der Waals surface area contributed by atoms with Gasteiger partial charge in [0.05, 0.1) is 13.2 Å². The zero-order valence-electron chi connectivity index (χ0n) is 18.0. The summed E-state index contributed by atoms with van der Waals surface area (Å²) >= 11 is 0. The Bertz CT molecular complexity index is 889. The number of aryl methyl sites for hydroxylation is 1. The number of nitrogens with one attached hydrogen (secondary N) is 2. The van der Waals surface area contributed by atoms with E-state index in [2.05, 4.69) is 10.4 Å². The molecule has 0 saturated heterocycles. The zero-order chi connectivity index (χ0) is 22.7. The Kier molecular flexibility index (Phi) is 9.72. The van der Waals surface area contributed by atoms with Crippen molar-refractivity contribution >= 4 is 19.6 Å². The lowest BCUT2D eigenvalue weighted by Crippen LogP contribution is -2.35. The molecule has 0 spiro atoms. The van der Waals surface area contributed by atoms with Crippen molar-refractivity contribution in [2.75, 3.05) is 19.8 Å². The van der Waals surface area contributed by atoms with Gasteiger partial charge in [0.15, 0.2) is 0 Å². The van der Waals surface area contributed by atoms with Gasteiger partial charge in [-0.2, -0.15) is 0 Å². The van der Waals surface area contributed by atoms with Crippen LogP contribution in [-0.4, -0.2) is 31.8 Å². The average molecular weight is 448 g/mol. The van der Waals surface area contributed by atoms with Gasteiger partial charge in [0, 0.05) is 0 Å². The van der Waals surface area contributed by atoms with Crippen molar-refractivity contribution < 1.29 is 28.2 Å². The predicted octanol–water partition coefficient (Wildman–Crippen LogP) is 4.30. The molecule has 8 nitrogen and oxygen atoms in total. The fraction of sp³-hybridized carbons (Fsp3) is 0.364. The van der Waals surface area contributed by atoms with Crippen LogP contribution in [-0.2, 0) is 30.0 Å². The van der Waals surface area contributed by atoms with Crippen LogP contribution in [0.2, 0.25) is 0 Å². The summed E-state index contributed by atoms with van der Waals surface area (Å²) in [6.07, 6.45) is -0.757. The smallest absolute Gasteiger partial charge is 0.408 e. The van der Waals surface area contributed by atoms with Crippen LogP contribution in [0.25, 0.3) is 0 Å². The van der Waals surface area contributed by atoms with Crippen molar-refractivity contribution in [3.8, 4) is 0 Å². The van der Waals surface area contributed by atoms with E-state index in [1.807, 2.05) is 49.4 Å². The van der Waals surface area contributed by atoms with E-state index in [-0.39, 0.29) is 26.4 Å². The Balaban J connectivity index is 2.22. The van der Waals surface area contributed by atoms with Crippen LogP contribution in [0.5, 0.6) is 0 Å². The maximum absolute atomic E-state index is 13.7. The van der Waals surface area contributed by atoms with E-state index in [0.29, 0.717) is 5.56 Å². The number of benzene rings is 2. The minimum absolute atomic E-state index is 0.0580. The predicted molar refractivity (Wildman–Crippen MR) is 118 cm³/mol. The third-order valence-corrected chi connectivity index (χ3v) is 6.62. The van der Waals surface area contributed by atoms with E-state index in [1.54, 1.807) is 26.0 Å². The lowest BCUT2D eigenvalue weighted by Gasteiger charge is -2.28. The second-order valence-corrected chi connectivity index (χ2v) is 8.96. The van der Waals surface area contributed by atoms with E-state index in [4.69, 9.17) is 14.0 Å². The molecule has 0 aliphatic carbocycles. The van der Waals surface area contributed by atoms with E-state index in [9.17, 15) is 14.2 Å². The Morgan fingerprint density at radius 3 is 2.26 bits per heavy atom. The highest BCUT2D eigenvalue weighted by atomic mass is 31.2. The molecule has 168 valence electrons. The molecule has 1 amide bonds. The fourth-order valence-corrected chi connectivity index (χ4v) is 4.78. The molecule has 0 heterocycles. The first-order valence-corrected chi connectivity index (χ1v) is 11.8. The van der Waals surface area contributed by atoms with Gasteiger partial charge in [-0.1, -0.05) is 60.2 Å². The molecule has 0 fully saturated rings. The lowest BCUT2D eigenvalue weighted by atomic mass is 10.1. The molecular weight excluding hydrogens is 419 g/mol. The second kappa shape index (κ2) is 12.2. The summed E-state index contributed by atoms with van der Waals surface area (Å²) in [5, 5.41) is 5.30. The van der Waals surface area contributed by atoms with Crippen molar-refractivity contribution in [3.63, 3.8) is 0 Å². The first kappa shape index (κ1) is 24.6. The van der Waals surface area contributed by atoms with Crippen LogP contribution in [0.1, 0.15) is 36.3 Å². The number of hydrogen-bond acceptors (Lipinski definition) is 6. The van der Waals surface area contributed by atoms with E-state index in [1.165, 1.54) is 0 Å². The molecule has 2 aromatic rings. The molecule has 0 aliphatic rings. The Morgan fingerprint density at radius 2 is 1.65 bits per heavy atom. The highest BCUT2D eigenvalue weighted by Crippen LogP contribution is 2.55. The van der Waals surface area contributed by atoms with Crippen molar-refractivity contribution in [3.05, 3.63) is 71.3 Å². The zero-order valence-corrected chi connectivity index (χ0v) is 18.9. The summed E-state index contributed by atoms with van der Waals surface area (Å²) in [7, 11) is -3.76. The molecule has 2 atom stereocenters. The highest BCUT2D eigenvalue weighted by molar-refractivity contribution is 7.57. The quantitative estimate of drug-likeness (QED) is 0.390. The summed E-state index contributed by atoms with van der Waals surface area (Å²) in [4.78, 5) is 24.3. The number of alkyl carbamates (subject to hydrolysis) is 1. The van der Waals surface area contributed by atoms with Gasteiger partial charge in [-0.25, -0.2) is 9.88 Å². The summed E-state index contributed by atoms with van der Waals surface area (Å²) in [6, 6.07) is 16.4. The molecule has 2 aromatic carbocycles. The Hall–Kier alpha value is -2.67. The monoisotopic (exact) mass is 448 g/mol. The van der Waals surface area contributed by atoms with Gasteiger partial charge in [0.25, 0.3) is 7.52 Å². The Morgan fingerprint density at radius 1 is 0.968 bits per heavy atom. The van der Waals surface area contributed by atoms with Gasteiger partial charge in [0.2, 0.25) is 0 Å². The molecule has 2 rings (SSSR count). The first-order valence-electron chi connectivity index (χ1n) is 10.1. The minimum Gasteiger partial charge on any atom is -0.465 e. The van der Waals surface area contributed by atoms with Gasteiger partial charge in [-0.05, 0) is 31.9 Å². The standard InChI is InChI=1S/C22H29N2O6P/c1-4-28-20(25)15-23-31(27,30-5-2)21(19-13-11-17(3)12-14-19)24-22(26)29-16-18-9-7-6-8-10-18/h6-14,21H,4-5,15-16H2,1-3H3,(H,23,27)(H,24,26). The largest absolute Gasteiger partial charge is 0.465 e. The molecule has 2 N–H and O–H groups in total. The van der Waals surface area contributed by atoms with E-state index in [0.717, 1.165) is 11.1 Å². The average Bonchev–Trinajstić information content (AvgIpc) is 2.76. The normalized spacial score (nSPS) is 13.6. The molecule has 9 heteroatoms.